The molecule has 0 saturated heterocycles. The number of fused-ring (bicyclic) bond motifs is 1. The monoisotopic (exact) mass is 314 g/mol. The summed E-state index contributed by atoms with van der Waals surface area (Å²) in [5, 5.41) is 0. The molecule has 1 unspecified atom stereocenters. The number of anilines is 1. The topological polar surface area (TPSA) is 55.6 Å². The van der Waals surface area contributed by atoms with Gasteiger partial charge in [0.15, 0.2) is 0 Å². The van der Waals surface area contributed by atoms with Gasteiger partial charge < -0.3 is 15.4 Å². The summed E-state index contributed by atoms with van der Waals surface area (Å²) in [5.74, 6) is 1.27. The van der Waals surface area contributed by atoms with Crippen LogP contribution in [0.4, 0.5) is 5.69 Å². The third-order valence-corrected chi connectivity index (χ3v) is 4.82. The van der Waals surface area contributed by atoms with Crippen LogP contribution >= 0.6 is 11.8 Å². The first-order valence-electron chi connectivity index (χ1n) is 7.11. The number of nitrogens with zero attached hydrogens (tertiary/aromatic N) is 1. The lowest BCUT2D eigenvalue weighted by Crippen LogP contribution is -2.44. The average Bonchev–Trinajstić information content (AvgIpc) is 2.68. The molecule has 0 spiro atoms. The highest BCUT2D eigenvalue weighted by Crippen LogP contribution is 2.37. The maximum absolute atomic E-state index is 12.7. The van der Waals surface area contributed by atoms with Crippen molar-refractivity contribution in [2.75, 3.05) is 17.8 Å². The predicted molar refractivity (Wildman–Crippen MR) is 89.3 cm³/mol. The summed E-state index contributed by atoms with van der Waals surface area (Å²) in [4.78, 5) is 15.5. The number of carbonyl (C=O) groups is 1. The number of hydrogen-bond acceptors (Lipinski definition) is 4. The molecule has 0 radical (unpaired) electrons. The molecule has 22 heavy (non-hydrogen) atoms. The molecule has 5 heteroatoms. The molecule has 0 aliphatic carbocycles. The molecule has 2 N–H and O–H groups in total. The van der Waals surface area contributed by atoms with E-state index in [1.807, 2.05) is 48.5 Å². The Morgan fingerprint density at radius 1 is 1.27 bits per heavy atom. The van der Waals surface area contributed by atoms with Crippen LogP contribution in [0.25, 0.3) is 0 Å². The quantitative estimate of drug-likeness (QED) is 0.946. The zero-order valence-electron chi connectivity index (χ0n) is 12.4. The van der Waals surface area contributed by atoms with Gasteiger partial charge in [-0.3, -0.25) is 4.79 Å². The number of carbonyl (C=O) groups excluding carboxylic acids is 1. The van der Waals surface area contributed by atoms with Gasteiger partial charge in [0, 0.05) is 16.7 Å². The van der Waals surface area contributed by atoms with E-state index in [1.165, 1.54) is 0 Å². The Morgan fingerprint density at radius 3 is 2.77 bits per heavy atom. The third-order valence-electron chi connectivity index (χ3n) is 3.64. The molecule has 2 aromatic rings. The number of nitrogens with two attached hydrogens (primary N) is 1. The molecular formula is C17H18N2O2S. The number of rotatable bonds is 3. The predicted octanol–water partition coefficient (Wildman–Crippen LogP) is 2.66. The molecule has 0 aromatic heterocycles. The fourth-order valence-corrected chi connectivity index (χ4v) is 3.44. The Morgan fingerprint density at radius 2 is 2.05 bits per heavy atom. The van der Waals surface area contributed by atoms with Crippen LogP contribution in [0.15, 0.2) is 53.4 Å². The summed E-state index contributed by atoms with van der Waals surface area (Å²) >= 11 is 1.61. The van der Waals surface area contributed by atoms with E-state index in [0.717, 1.165) is 21.9 Å². The number of methoxy groups -OCH3 is 1. The van der Waals surface area contributed by atoms with Crippen molar-refractivity contribution in [3.8, 4) is 5.75 Å². The minimum atomic E-state index is -0.493. The molecule has 1 aliphatic heterocycles. The Labute approximate surface area is 134 Å². The van der Waals surface area contributed by atoms with E-state index in [1.54, 1.807) is 23.8 Å². The molecule has 0 saturated carbocycles. The number of thioether (sulfide) groups is 1. The molecule has 1 aliphatic rings. The molecule has 1 atom stereocenters. The third kappa shape index (κ3) is 2.96. The van der Waals surface area contributed by atoms with E-state index in [2.05, 4.69) is 0 Å². The van der Waals surface area contributed by atoms with E-state index in [9.17, 15) is 4.79 Å². The summed E-state index contributed by atoms with van der Waals surface area (Å²) in [6.07, 6.45) is 0. The summed E-state index contributed by atoms with van der Waals surface area (Å²) in [7, 11) is 1.63. The summed E-state index contributed by atoms with van der Waals surface area (Å²) < 4.78 is 5.30. The maximum Gasteiger partial charge on any atom is 0.245 e. The molecule has 0 bridgehead atoms. The van der Waals surface area contributed by atoms with Crippen LogP contribution in [0.1, 0.15) is 5.56 Å². The Bertz CT molecular complexity index is 676. The van der Waals surface area contributed by atoms with Crippen molar-refractivity contribution >= 4 is 23.4 Å². The van der Waals surface area contributed by atoms with E-state index in [-0.39, 0.29) is 5.91 Å². The number of amides is 1. The zero-order valence-corrected chi connectivity index (χ0v) is 13.2. The van der Waals surface area contributed by atoms with E-state index in [4.69, 9.17) is 10.5 Å². The van der Waals surface area contributed by atoms with Crippen molar-refractivity contribution in [3.05, 3.63) is 54.1 Å². The maximum atomic E-state index is 12.7. The second-order valence-electron chi connectivity index (χ2n) is 5.16. The van der Waals surface area contributed by atoms with Crippen molar-refractivity contribution in [2.24, 2.45) is 5.73 Å². The molecule has 2 aromatic carbocycles. The van der Waals surface area contributed by atoms with Gasteiger partial charge in [0.05, 0.1) is 25.4 Å². The molecule has 1 amide bonds. The van der Waals surface area contributed by atoms with Crippen molar-refractivity contribution in [1.82, 2.24) is 0 Å². The number of benzene rings is 2. The lowest BCUT2D eigenvalue weighted by Gasteiger charge is -2.24. The smallest absolute Gasteiger partial charge is 0.245 e. The van der Waals surface area contributed by atoms with Crippen LogP contribution in [0.2, 0.25) is 0 Å². The van der Waals surface area contributed by atoms with Gasteiger partial charge in [-0.05, 0) is 17.7 Å². The highest BCUT2D eigenvalue weighted by atomic mass is 32.2. The van der Waals surface area contributed by atoms with Gasteiger partial charge in [0.1, 0.15) is 5.75 Å². The summed E-state index contributed by atoms with van der Waals surface area (Å²) in [6, 6.07) is 15.2. The molecule has 3 rings (SSSR count). The minimum Gasteiger partial charge on any atom is -0.497 e. The van der Waals surface area contributed by atoms with Crippen LogP contribution in [-0.2, 0) is 11.3 Å². The molecule has 1 heterocycles. The second kappa shape index (κ2) is 6.42. The van der Waals surface area contributed by atoms with Crippen LogP contribution in [0, 0.1) is 0 Å². The highest BCUT2D eigenvalue weighted by molar-refractivity contribution is 7.99. The average molecular weight is 314 g/mol. The number of hydrogen-bond donors (Lipinski definition) is 1. The Kier molecular flexibility index (Phi) is 4.36. The minimum absolute atomic E-state index is 0.0524. The van der Waals surface area contributed by atoms with Crippen LogP contribution in [0.5, 0.6) is 5.75 Å². The number of ether oxygens (including phenoxy) is 1. The lowest BCUT2D eigenvalue weighted by molar-refractivity contribution is -0.119. The fourth-order valence-electron chi connectivity index (χ4n) is 2.46. The first-order chi connectivity index (χ1) is 10.7. The normalized spacial score (nSPS) is 17.8. The van der Waals surface area contributed by atoms with Crippen LogP contribution < -0.4 is 15.4 Å². The van der Waals surface area contributed by atoms with Gasteiger partial charge in [-0.15, -0.1) is 11.8 Å². The van der Waals surface area contributed by atoms with Gasteiger partial charge in [-0.1, -0.05) is 30.3 Å². The van der Waals surface area contributed by atoms with Crippen molar-refractivity contribution in [2.45, 2.75) is 17.5 Å². The summed E-state index contributed by atoms with van der Waals surface area (Å²) in [6.45, 7) is 0.508. The van der Waals surface area contributed by atoms with Crippen molar-refractivity contribution in [3.63, 3.8) is 0 Å². The highest BCUT2D eigenvalue weighted by Gasteiger charge is 2.28. The molecule has 0 fully saturated rings. The van der Waals surface area contributed by atoms with E-state index >= 15 is 0 Å². The van der Waals surface area contributed by atoms with Gasteiger partial charge in [0.2, 0.25) is 5.91 Å². The van der Waals surface area contributed by atoms with Crippen LogP contribution in [-0.4, -0.2) is 24.8 Å². The Hall–Kier alpha value is -1.98. The molecule has 114 valence electrons. The first-order valence-corrected chi connectivity index (χ1v) is 8.09. The van der Waals surface area contributed by atoms with Crippen LogP contribution in [0.3, 0.4) is 0 Å². The second-order valence-corrected chi connectivity index (χ2v) is 6.22. The van der Waals surface area contributed by atoms with E-state index in [0.29, 0.717) is 12.3 Å². The largest absolute Gasteiger partial charge is 0.497 e. The fraction of sp³-hybridized carbons (Fsp3) is 0.235. The van der Waals surface area contributed by atoms with Gasteiger partial charge in [-0.2, -0.15) is 0 Å². The molecular weight excluding hydrogens is 296 g/mol. The van der Waals surface area contributed by atoms with Crippen molar-refractivity contribution < 1.29 is 9.53 Å². The first kappa shape index (κ1) is 14.9. The zero-order chi connectivity index (χ0) is 15.5. The van der Waals surface area contributed by atoms with E-state index < -0.39 is 6.04 Å². The lowest BCUT2D eigenvalue weighted by atomic mass is 10.1. The van der Waals surface area contributed by atoms with Gasteiger partial charge >= 0.3 is 0 Å². The SMILES string of the molecule is COc1ccc2c(c1)N(Cc1ccccc1)C(=O)C(N)CS2. The van der Waals surface area contributed by atoms with Gasteiger partial charge in [0.25, 0.3) is 0 Å². The molecule has 4 nitrogen and oxygen atoms in total. The Balaban J connectivity index is 2.02. The van der Waals surface area contributed by atoms with Crippen molar-refractivity contribution in [1.29, 1.82) is 0 Å². The summed E-state index contributed by atoms with van der Waals surface area (Å²) in [5.41, 5.74) is 7.97. The standard InChI is InChI=1S/C17H18N2O2S/c1-21-13-7-8-16-15(9-13)19(17(20)14(18)11-22-16)10-12-5-3-2-4-6-12/h2-9,14H,10-11,18H2,1H3. The van der Waals surface area contributed by atoms with Gasteiger partial charge in [-0.25, -0.2) is 0 Å².